The Morgan fingerprint density at radius 2 is 2.10 bits per heavy atom. The molecule has 0 fully saturated rings. The smallest absolute Gasteiger partial charge is 0.265 e. The van der Waals surface area contributed by atoms with Crippen LogP contribution in [0.15, 0.2) is 46.7 Å². The van der Waals surface area contributed by atoms with E-state index in [9.17, 15) is 8.42 Å². The van der Waals surface area contributed by atoms with Crippen LogP contribution in [-0.4, -0.2) is 29.2 Å². The predicted molar refractivity (Wildman–Crippen MR) is 77.6 cm³/mol. The van der Waals surface area contributed by atoms with Gasteiger partial charge in [-0.25, -0.2) is 8.42 Å². The van der Waals surface area contributed by atoms with Crippen LogP contribution in [0.5, 0.6) is 0 Å². The molecular formula is C12H15N5O3S. The normalized spacial score (nSPS) is 12.3. The van der Waals surface area contributed by atoms with Gasteiger partial charge < -0.3 is 10.9 Å². The van der Waals surface area contributed by atoms with Crippen LogP contribution in [0, 0.1) is 0 Å². The molecule has 2 rings (SSSR count). The molecule has 0 amide bonds. The topological polar surface area (TPSA) is 123 Å². The van der Waals surface area contributed by atoms with Crippen molar-refractivity contribution in [3.05, 3.63) is 42.2 Å². The fourth-order valence-electron chi connectivity index (χ4n) is 1.69. The van der Waals surface area contributed by atoms with Gasteiger partial charge in [0.2, 0.25) is 0 Å². The monoisotopic (exact) mass is 309 g/mol. The predicted octanol–water partition coefficient (Wildman–Crippen LogP) is 0.510. The third-order valence-electron chi connectivity index (χ3n) is 2.71. The Bertz CT molecular complexity index is 749. The van der Waals surface area contributed by atoms with Crippen molar-refractivity contribution in [2.24, 2.45) is 17.9 Å². The number of amidine groups is 1. The average Bonchev–Trinajstić information content (AvgIpc) is 2.88. The van der Waals surface area contributed by atoms with E-state index < -0.39 is 10.0 Å². The first-order valence-corrected chi connectivity index (χ1v) is 7.46. The average molecular weight is 309 g/mol. The molecule has 9 heteroatoms. The van der Waals surface area contributed by atoms with E-state index in [1.807, 2.05) is 0 Å². The van der Waals surface area contributed by atoms with Crippen LogP contribution in [0.3, 0.4) is 0 Å². The molecular weight excluding hydrogens is 294 g/mol. The van der Waals surface area contributed by atoms with Gasteiger partial charge in [-0.2, -0.15) is 5.10 Å². The lowest BCUT2D eigenvalue weighted by atomic mass is 10.1. The summed E-state index contributed by atoms with van der Waals surface area (Å²) in [4.78, 5) is 0.0886. The van der Waals surface area contributed by atoms with Crippen molar-refractivity contribution >= 4 is 21.5 Å². The van der Waals surface area contributed by atoms with Crippen molar-refractivity contribution in [1.82, 2.24) is 9.78 Å². The molecule has 21 heavy (non-hydrogen) atoms. The fourth-order valence-corrected chi connectivity index (χ4v) is 2.73. The fraction of sp³-hybridized carbons (Fsp3) is 0.167. The third-order valence-corrected chi connectivity index (χ3v) is 4.05. The molecule has 0 aliphatic carbocycles. The third kappa shape index (κ3) is 3.72. The number of oxime groups is 1. The van der Waals surface area contributed by atoms with Gasteiger partial charge in [0.15, 0.2) is 0 Å². The van der Waals surface area contributed by atoms with Crippen LogP contribution >= 0.6 is 0 Å². The van der Waals surface area contributed by atoms with Gasteiger partial charge in [-0.3, -0.25) is 9.40 Å². The number of nitrogens with zero attached hydrogens (tertiary/aromatic N) is 3. The first-order chi connectivity index (χ1) is 9.90. The Hall–Kier alpha value is -2.55. The maximum atomic E-state index is 12.1. The summed E-state index contributed by atoms with van der Waals surface area (Å²) in [6, 6.07) is 6.60. The van der Waals surface area contributed by atoms with Crippen molar-refractivity contribution in [3.63, 3.8) is 0 Å². The zero-order chi connectivity index (χ0) is 15.5. The van der Waals surface area contributed by atoms with E-state index in [0.29, 0.717) is 5.69 Å². The molecule has 0 radical (unpaired) electrons. The molecule has 0 spiro atoms. The lowest BCUT2D eigenvalue weighted by Gasteiger charge is -2.07. The highest BCUT2D eigenvalue weighted by atomic mass is 32.2. The molecule has 1 heterocycles. The van der Waals surface area contributed by atoms with Gasteiger partial charge in [-0.05, 0) is 17.7 Å². The molecule has 1 aromatic carbocycles. The molecule has 1 aromatic heterocycles. The summed E-state index contributed by atoms with van der Waals surface area (Å²) >= 11 is 0. The molecule has 0 aliphatic rings. The van der Waals surface area contributed by atoms with Crippen LogP contribution in [0.1, 0.15) is 5.56 Å². The van der Waals surface area contributed by atoms with Crippen LogP contribution < -0.4 is 10.5 Å². The Morgan fingerprint density at radius 1 is 1.43 bits per heavy atom. The summed E-state index contributed by atoms with van der Waals surface area (Å²) in [5.74, 6) is 0.0821. The highest BCUT2D eigenvalue weighted by Gasteiger charge is 2.15. The van der Waals surface area contributed by atoms with Crippen molar-refractivity contribution in [1.29, 1.82) is 0 Å². The SMILES string of the molecule is Cn1cc(S(=O)(=O)Nc2ccc(CC(N)=NO)cc2)cn1. The molecule has 2 aromatic rings. The molecule has 0 bridgehead atoms. The van der Waals surface area contributed by atoms with E-state index in [1.54, 1.807) is 31.3 Å². The van der Waals surface area contributed by atoms with Gasteiger partial charge in [0, 0.05) is 25.4 Å². The van der Waals surface area contributed by atoms with Crippen LogP contribution in [0.25, 0.3) is 0 Å². The molecule has 0 aliphatic heterocycles. The second-order valence-electron chi connectivity index (χ2n) is 4.42. The first kappa shape index (κ1) is 14.9. The molecule has 4 N–H and O–H groups in total. The van der Waals surface area contributed by atoms with Gasteiger partial charge in [-0.1, -0.05) is 17.3 Å². The number of nitrogens with two attached hydrogens (primary N) is 1. The Kier molecular flexibility index (Phi) is 4.13. The number of aryl methyl sites for hydroxylation is 1. The lowest BCUT2D eigenvalue weighted by Crippen LogP contribution is -2.15. The summed E-state index contributed by atoms with van der Waals surface area (Å²) in [7, 11) is -2.02. The van der Waals surface area contributed by atoms with E-state index in [4.69, 9.17) is 10.9 Å². The number of aromatic nitrogens is 2. The lowest BCUT2D eigenvalue weighted by molar-refractivity contribution is 0.317. The highest BCUT2D eigenvalue weighted by molar-refractivity contribution is 7.92. The maximum Gasteiger partial charge on any atom is 0.265 e. The van der Waals surface area contributed by atoms with E-state index in [0.717, 1.165) is 5.56 Å². The van der Waals surface area contributed by atoms with Crippen molar-refractivity contribution in [2.45, 2.75) is 11.3 Å². The minimum atomic E-state index is -3.65. The van der Waals surface area contributed by atoms with Gasteiger partial charge in [0.05, 0.1) is 6.20 Å². The van der Waals surface area contributed by atoms with Crippen LogP contribution in [0.4, 0.5) is 5.69 Å². The Balaban J connectivity index is 2.13. The number of hydrogen-bond acceptors (Lipinski definition) is 5. The molecule has 0 unspecified atom stereocenters. The minimum Gasteiger partial charge on any atom is -0.409 e. The van der Waals surface area contributed by atoms with Crippen molar-refractivity contribution < 1.29 is 13.6 Å². The van der Waals surface area contributed by atoms with Gasteiger partial charge >= 0.3 is 0 Å². The van der Waals surface area contributed by atoms with Gasteiger partial charge in [0.25, 0.3) is 10.0 Å². The quantitative estimate of drug-likeness (QED) is 0.321. The summed E-state index contributed by atoms with van der Waals surface area (Å²) in [5.41, 5.74) is 6.62. The van der Waals surface area contributed by atoms with Crippen molar-refractivity contribution in [2.75, 3.05) is 4.72 Å². The number of sulfonamides is 1. The van der Waals surface area contributed by atoms with E-state index >= 15 is 0 Å². The molecule has 0 saturated heterocycles. The van der Waals surface area contributed by atoms with E-state index in [2.05, 4.69) is 15.0 Å². The number of anilines is 1. The first-order valence-electron chi connectivity index (χ1n) is 5.97. The second kappa shape index (κ2) is 5.83. The number of benzene rings is 1. The summed E-state index contributed by atoms with van der Waals surface area (Å²) in [6.07, 6.45) is 2.97. The maximum absolute atomic E-state index is 12.1. The van der Waals surface area contributed by atoms with Crippen molar-refractivity contribution in [3.8, 4) is 0 Å². The summed E-state index contributed by atoms with van der Waals surface area (Å²) < 4.78 is 28.0. The van der Waals surface area contributed by atoms with E-state index in [1.165, 1.54) is 17.1 Å². The minimum absolute atomic E-state index is 0.0821. The van der Waals surface area contributed by atoms with Gasteiger partial charge in [-0.15, -0.1) is 0 Å². The van der Waals surface area contributed by atoms with Crippen LogP contribution in [-0.2, 0) is 23.5 Å². The zero-order valence-corrected chi connectivity index (χ0v) is 12.1. The molecule has 0 atom stereocenters. The zero-order valence-electron chi connectivity index (χ0n) is 11.3. The Morgan fingerprint density at radius 3 is 2.62 bits per heavy atom. The van der Waals surface area contributed by atoms with E-state index in [-0.39, 0.29) is 17.2 Å². The Labute approximate surface area is 121 Å². The van der Waals surface area contributed by atoms with Crippen LogP contribution in [0.2, 0.25) is 0 Å². The second-order valence-corrected chi connectivity index (χ2v) is 6.10. The number of rotatable bonds is 5. The molecule has 112 valence electrons. The summed E-state index contributed by atoms with van der Waals surface area (Å²) in [6.45, 7) is 0. The molecule has 0 saturated carbocycles. The number of hydrogen-bond donors (Lipinski definition) is 3. The highest BCUT2D eigenvalue weighted by Crippen LogP contribution is 2.16. The van der Waals surface area contributed by atoms with Gasteiger partial charge in [0.1, 0.15) is 10.7 Å². The largest absolute Gasteiger partial charge is 0.409 e. The number of nitrogens with one attached hydrogen (secondary N) is 1. The molecule has 8 nitrogen and oxygen atoms in total. The standard InChI is InChI=1S/C12H15N5O3S/c1-17-8-11(7-14-17)21(19,20)16-10-4-2-9(3-5-10)6-12(13)15-18/h2-5,7-8,16,18H,6H2,1H3,(H2,13,15). The summed E-state index contributed by atoms with van der Waals surface area (Å²) in [5, 5.41) is 15.2.